The molecule has 0 spiro atoms. The normalized spacial score (nSPS) is 22.3. The van der Waals surface area contributed by atoms with E-state index in [1.807, 2.05) is 0 Å². The highest BCUT2D eigenvalue weighted by Crippen LogP contribution is 2.33. The standard InChI is InChI=1S/C26H34O13Si/c1-14(28)35-20-21(36-15(2)29)23(37-16(3)30)26(39-22(20)25(32)33-4)38-19-9-8-17(13-27)12-18(19)24(31)34-10-11-40(5,6)7/h8-9,12-13,20-23,26H,10-11H2,1-7H3/t20-,21-,22-,23+,26+/m0/s1. The van der Waals surface area contributed by atoms with Gasteiger partial charge in [0, 0.05) is 34.4 Å². The van der Waals surface area contributed by atoms with Crippen molar-refractivity contribution in [1.82, 2.24) is 0 Å². The number of ether oxygens (including phenoxy) is 7. The monoisotopic (exact) mass is 582 g/mol. The van der Waals surface area contributed by atoms with Gasteiger partial charge >= 0.3 is 29.8 Å². The largest absolute Gasteiger partial charge is 0.467 e. The van der Waals surface area contributed by atoms with Gasteiger partial charge in [-0.1, -0.05) is 19.6 Å². The molecule has 0 aromatic heterocycles. The summed E-state index contributed by atoms with van der Waals surface area (Å²) in [5, 5.41) is 0. The third kappa shape index (κ3) is 9.16. The molecule has 0 N–H and O–H groups in total. The molecule has 14 heteroatoms. The highest BCUT2D eigenvalue weighted by molar-refractivity contribution is 6.76. The molecule has 0 radical (unpaired) electrons. The second kappa shape index (κ2) is 14.0. The number of benzene rings is 1. The lowest BCUT2D eigenvalue weighted by atomic mass is 9.97. The van der Waals surface area contributed by atoms with Crippen LogP contribution in [0.1, 0.15) is 41.5 Å². The van der Waals surface area contributed by atoms with Crippen molar-refractivity contribution in [2.45, 2.75) is 77.2 Å². The van der Waals surface area contributed by atoms with Gasteiger partial charge in [-0.2, -0.15) is 0 Å². The molecule has 1 heterocycles. The van der Waals surface area contributed by atoms with Crippen molar-refractivity contribution in [2.75, 3.05) is 13.7 Å². The highest BCUT2D eigenvalue weighted by atomic mass is 28.3. The quantitative estimate of drug-likeness (QED) is 0.161. The molecule has 1 aliphatic rings. The maximum Gasteiger partial charge on any atom is 0.341 e. The molecule has 1 saturated heterocycles. The minimum atomic E-state index is -1.68. The van der Waals surface area contributed by atoms with E-state index in [1.165, 1.54) is 18.2 Å². The summed E-state index contributed by atoms with van der Waals surface area (Å²) in [7, 11) is -0.479. The molecule has 2 rings (SSSR count). The highest BCUT2D eigenvalue weighted by Gasteiger charge is 2.56. The number of hydrogen-bond acceptors (Lipinski definition) is 13. The summed E-state index contributed by atoms with van der Waals surface area (Å²) in [6.07, 6.45) is -7.57. The van der Waals surface area contributed by atoms with Crippen LogP contribution >= 0.6 is 0 Å². The van der Waals surface area contributed by atoms with Crippen molar-refractivity contribution in [1.29, 1.82) is 0 Å². The maximum atomic E-state index is 13.0. The minimum Gasteiger partial charge on any atom is -0.467 e. The Labute approximate surface area is 232 Å². The smallest absolute Gasteiger partial charge is 0.341 e. The van der Waals surface area contributed by atoms with Gasteiger partial charge in [-0.25, -0.2) is 9.59 Å². The Hall–Kier alpha value is -3.78. The zero-order chi connectivity index (χ0) is 30.2. The summed E-state index contributed by atoms with van der Waals surface area (Å²) < 4.78 is 37.7. The molecule has 0 bridgehead atoms. The van der Waals surface area contributed by atoms with Crippen molar-refractivity contribution in [3.63, 3.8) is 0 Å². The fraction of sp³-hybridized carbons (Fsp3) is 0.538. The second-order valence-electron chi connectivity index (χ2n) is 10.1. The number of carbonyl (C=O) groups excluding carboxylic acids is 6. The summed E-state index contributed by atoms with van der Waals surface area (Å²) in [5.74, 6) is -4.52. The van der Waals surface area contributed by atoms with Gasteiger partial charge in [0.2, 0.25) is 12.4 Å². The van der Waals surface area contributed by atoms with E-state index in [1.54, 1.807) is 0 Å². The van der Waals surface area contributed by atoms with Crippen LogP contribution in [0.5, 0.6) is 5.75 Å². The Balaban J connectivity index is 2.55. The van der Waals surface area contributed by atoms with Crippen LogP contribution in [0.4, 0.5) is 0 Å². The summed E-state index contributed by atoms with van der Waals surface area (Å²) in [5.41, 5.74) is -0.00291. The van der Waals surface area contributed by atoms with Gasteiger partial charge in [-0.3, -0.25) is 19.2 Å². The van der Waals surface area contributed by atoms with Crippen LogP contribution in [0, 0.1) is 0 Å². The van der Waals surface area contributed by atoms with E-state index >= 15 is 0 Å². The topological polar surface area (TPSA) is 167 Å². The van der Waals surface area contributed by atoms with E-state index in [4.69, 9.17) is 33.2 Å². The van der Waals surface area contributed by atoms with Gasteiger partial charge in [-0.15, -0.1) is 0 Å². The van der Waals surface area contributed by atoms with E-state index in [0.29, 0.717) is 12.3 Å². The number of carbonyl (C=O) groups is 6. The molecule has 5 atom stereocenters. The van der Waals surface area contributed by atoms with E-state index in [0.717, 1.165) is 27.9 Å². The first-order valence-electron chi connectivity index (χ1n) is 12.3. The Morgan fingerprint density at radius 3 is 2.00 bits per heavy atom. The molecule has 0 saturated carbocycles. The van der Waals surface area contributed by atoms with Crippen LogP contribution in [0.25, 0.3) is 0 Å². The third-order valence-electron chi connectivity index (χ3n) is 5.52. The lowest BCUT2D eigenvalue weighted by molar-refractivity contribution is -0.282. The van der Waals surface area contributed by atoms with Crippen LogP contribution in [0.15, 0.2) is 18.2 Å². The molecule has 1 fully saturated rings. The number of aldehydes is 1. The fourth-order valence-corrected chi connectivity index (χ4v) is 4.43. The van der Waals surface area contributed by atoms with E-state index in [-0.39, 0.29) is 23.5 Å². The van der Waals surface area contributed by atoms with Crippen molar-refractivity contribution in [3.05, 3.63) is 29.3 Å². The molecule has 0 amide bonds. The first-order chi connectivity index (χ1) is 18.7. The predicted molar refractivity (Wildman–Crippen MR) is 138 cm³/mol. The molecule has 1 aromatic rings. The van der Waals surface area contributed by atoms with Gasteiger partial charge in [0.25, 0.3) is 0 Å². The summed E-state index contributed by atoms with van der Waals surface area (Å²) in [6, 6.07) is 4.57. The SMILES string of the molecule is COC(=O)[C@H]1O[C@@H](Oc2ccc(C=O)cc2C(=O)OCC[Si](C)(C)C)[C@H](OC(C)=O)[C@@H](OC(C)=O)[C@@H]1OC(C)=O. The van der Waals surface area contributed by atoms with E-state index < -0.39 is 68.6 Å². The Morgan fingerprint density at radius 2 is 1.48 bits per heavy atom. The van der Waals surface area contributed by atoms with Gasteiger partial charge in [0.15, 0.2) is 18.3 Å². The lowest BCUT2D eigenvalue weighted by Crippen LogP contribution is -2.64. The van der Waals surface area contributed by atoms with Crippen LogP contribution in [-0.2, 0) is 47.6 Å². The summed E-state index contributed by atoms with van der Waals surface area (Å²) in [6.45, 7) is 9.64. The molecule has 0 unspecified atom stereocenters. The zero-order valence-corrected chi connectivity index (χ0v) is 24.4. The molecule has 0 aliphatic carbocycles. The molecule has 220 valence electrons. The summed E-state index contributed by atoms with van der Waals surface area (Å²) in [4.78, 5) is 72.9. The first-order valence-corrected chi connectivity index (χ1v) is 16.1. The molecule has 1 aromatic carbocycles. The average molecular weight is 583 g/mol. The Bertz CT molecular complexity index is 1130. The molecule has 13 nitrogen and oxygen atoms in total. The van der Waals surface area contributed by atoms with E-state index in [2.05, 4.69) is 19.6 Å². The van der Waals surface area contributed by atoms with Crippen LogP contribution in [-0.4, -0.2) is 88.6 Å². The maximum absolute atomic E-state index is 13.0. The third-order valence-corrected chi connectivity index (χ3v) is 7.23. The van der Waals surface area contributed by atoms with Crippen molar-refractivity contribution < 1.29 is 61.9 Å². The zero-order valence-electron chi connectivity index (χ0n) is 23.4. The van der Waals surface area contributed by atoms with Crippen LogP contribution < -0.4 is 4.74 Å². The predicted octanol–water partition coefficient (Wildman–Crippen LogP) is 2.07. The van der Waals surface area contributed by atoms with Crippen LogP contribution in [0.3, 0.4) is 0 Å². The molecule has 40 heavy (non-hydrogen) atoms. The molecular formula is C26H34O13Si. The minimum absolute atomic E-state index is 0.137. The second-order valence-corrected chi connectivity index (χ2v) is 15.7. The lowest BCUT2D eigenvalue weighted by Gasteiger charge is -2.43. The van der Waals surface area contributed by atoms with Crippen molar-refractivity contribution in [2.24, 2.45) is 0 Å². The Kier molecular flexibility index (Phi) is 11.4. The van der Waals surface area contributed by atoms with E-state index in [9.17, 15) is 28.8 Å². The van der Waals surface area contributed by atoms with Crippen molar-refractivity contribution >= 4 is 44.2 Å². The number of hydrogen-bond donors (Lipinski definition) is 0. The molecular weight excluding hydrogens is 548 g/mol. The summed E-state index contributed by atoms with van der Waals surface area (Å²) >= 11 is 0. The van der Waals surface area contributed by atoms with Crippen molar-refractivity contribution in [3.8, 4) is 5.75 Å². The number of rotatable bonds is 11. The Morgan fingerprint density at radius 1 is 0.900 bits per heavy atom. The first kappa shape index (κ1) is 32.4. The van der Waals surface area contributed by atoms with Gasteiger partial charge in [0.05, 0.1) is 13.7 Å². The fourth-order valence-electron chi connectivity index (χ4n) is 3.71. The molecule has 1 aliphatic heterocycles. The van der Waals surface area contributed by atoms with Crippen LogP contribution in [0.2, 0.25) is 25.7 Å². The van der Waals surface area contributed by atoms with Gasteiger partial charge in [0.1, 0.15) is 17.6 Å². The number of methoxy groups -OCH3 is 1. The average Bonchev–Trinajstić information content (AvgIpc) is 2.85. The van der Waals surface area contributed by atoms with Gasteiger partial charge in [-0.05, 0) is 24.2 Å². The van der Waals surface area contributed by atoms with Gasteiger partial charge < -0.3 is 33.2 Å². The number of esters is 5.